The molecule has 1 aromatic carbocycles. The van der Waals surface area contributed by atoms with Gasteiger partial charge in [-0.2, -0.15) is 5.26 Å². The van der Waals surface area contributed by atoms with Crippen molar-refractivity contribution in [2.75, 3.05) is 7.11 Å². The summed E-state index contributed by atoms with van der Waals surface area (Å²) in [6, 6.07) is 8.53. The van der Waals surface area contributed by atoms with E-state index in [1.807, 2.05) is 13.0 Å². The molecule has 0 radical (unpaired) electrons. The predicted molar refractivity (Wildman–Crippen MR) is 70.2 cm³/mol. The highest BCUT2D eigenvalue weighted by Gasteiger charge is 2.14. The van der Waals surface area contributed by atoms with E-state index in [1.54, 1.807) is 7.11 Å². The molecule has 0 N–H and O–H groups in total. The van der Waals surface area contributed by atoms with Gasteiger partial charge < -0.3 is 4.74 Å². The monoisotopic (exact) mass is 231 g/mol. The number of ether oxygens (including phenoxy) is 1. The molecule has 0 aliphatic heterocycles. The highest BCUT2D eigenvalue weighted by atomic mass is 16.5. The smallest absolute Gasteiger partial charge is 0.123 e. The molecule has 0 saturated carbocycles. The third-order valence-electron chi connectivity index (χ3n) is 2.88. The number of nitriles is 1. The Morgan fingerprint density at radius 3 is 2.53 bits per heavy atom. The molecule has 17 heavy (non-hydrogen) atoms. The number of hydrogen-bond donors (Lipinski definition) is 0. The highest BCUT2D eigenvalue weighted by molar-refractivity contribution is 5.42. The van der Waals surface area contributed by atoms with E-state index in [-0.39, 0.29) is 5.92 Å². The van der Waals surface area contributed by atoms with Crippen LogP contribution in [0.15, 0.2) is 18.2 Å². The fourth-order valence-corrected chi connectivity index (χ4v) is 2.02. The molecule has 0 aromatic heterocycles. The zero-order valence-electron chi connectivity index (χ0n) is 11.2. The van der Waals surface area contributed by atoms with Crippen LogP contribution < -0.4 is 4.74 Å². The Hall–Kier alpha value is -1.49. The molecule has 0 spiro atoms. The summed E-state index contributed by atoms with van der Waals surface area (Å²) in [6.45, 7) is 6.42. The van der Waals surface area contributed by atoms with Gasteiger partial charge in [-0.25, -0.2) is 0 Å². The van der Waals surface area contributed by atoms with E-state index >= 15 is 0 Å². The lowest BCUT2D eigenvalue weighted by atomic mass is 9.94. The Morgan fingerprint density at radius 2 is 2.06 bits per heavy atom. The molecule has 1 aromatic rings. The van der Waals surface area contributed by atoms with Gasteiger partial charge in [0.1, 0.15) is 5.75 Å². The first-order valence-electron chi connectivity index (χ1n) is 6.18. The Bertz CT molecular complexity index is 404. The summed E-state index contributed by atoms with van der Waals surface area (Å²) in [6.07, 6.45) is 1.86. The summed E-state index contributed by atoms with van der Waals surface area (Å²) in [5, 5.41) is 9.11. The van der Waals surface area contributed by atoms with Crippen LogP contribution in [-0.2, 0) is 6.42 Å². The van der Waals surface area contributed by atoms with Gasteiger partial charge in [0.25, 0.3) is 0 Å². The minimum Gasteiger partial charge on any atom is -0.496 e. The van der Waals surface area contributed by atoms with E-state index < -0.39 is 0 Å². The topological polar surface area (TPSA) is 33.0 Å². The number of benzene rings is 1. The fraction of sp³-hybridized carbons (Fsp3) is 0.533. The molecule has 2 nitrogen and oxygen atoms in total. The zero-order chi connectivity index (χ0) is 12.8. The van der Waals surface area contributed by atoms with Crippen molar-refractivity contribution < 1.29 is 4.74 Å². The maximum absolute atomic E-state index is 9.11. The van der Waals surface area contributed by atoms with E-state index in [9.17, 15) is 0 Å². The first-order chi connectivity index (χ1) is 8.12. The molecular formula is C15H21NO. The number of rotatable bonds is 5. The lowest BCUT2D eigenvalue weighted by molar-refractivity contribution is 0.407. The maximum atomic E-state index is 9.11. The molecule has 0 aliphatic carbocycles. The van der Waals surface area contributed by atoms with Crippen LogP contribution in [0.25, 0.3) is 0 Å². The van der Waals surface area contributed by atoms with Crippen molar-refractivity contribution in [1.82, 2.24) is 0 Å². The third kappa shape index (κ3) is 3.49. The second-order valence-corrected chi connectivity index (χ2v) is 4.76. The second-order valence-electron chi connectivity index (χ2n) is 4.76. The molecular weight excluding hydrogens is 210 g/mol. The summed E-state index contributed by atoms with van der Waals surface area (Å²) >= 11 is 0. The van der Waals surface area contributed by atoms with Crippen molar-refractivity contribution in [1.29, 1.82) is 5.26 Å². The van der Waals surface area contributed by atoms with Crippen LogP contribution in [0.3, 0.4) is 0 Å². The molecule has 2 heteroatoms. The van der Waals surface area contributed by atoms with Crippen LogP contribution in [0.4, 0.5) is 0 Å². The average molecular weight is 231 g/mol. The molecule has 0 aliphatic rings. The number of nitrogens with zero attached hydrogens (tertiary/aromatic N) is 1. The molecule has 0 bridgehead atoms. The van der Waals surface area contributed by atoms with Crippen LogP contribution in [0.2, 0.25) is 0 Å². The lowest BCUT2D eigenvalue weighted by Gasteiger charge is -2.14. The Labute approximate surface area is 104 Å². The van der Waals surface area contributed by atoms with Crippen LogP contribution in [0, 0.1) is 17.2 Å². The van der Waals surface area contributed by atoms with Gasteiger partial charge in [0.05, 0.1) is 19.1 Å². The minimum absolute atomic E-state index is 0.0713. The molecule has 0 heterocycles. The molecule has 92 valence electrons. The quantitative estimate of drug-likeness (QED) is 0.769. The van der Waals surface area contributed by atoms with Gasteiger partial charge in [-0.05, 0) is 30.4 Å². The summed E-state index contributed by atoms with van der Waals surface area (Å²) in [5.74, 6) is 1.40. The summed E-state index contributed by atoms with van der Waals surface area (Å²) in [5.41, 5.74) is 2.28. The van der Waals surface area contributed by atoms with Crippen molar-refractivity contribution in [3.8, 4) is 11.8 Å². The average Bonchev–Trinajstić information content (AvgIpc) is 2.31. The van der Waals surface area contributed by atoms with Crippen LogP contribution >= 0.6 is 0 Å². The first kappa shape index (κ1) is 13.6. The van der Waals surface area contributed by atoms with Crippen LogP contribution in [-0.4, -0.2) is 7.11 Å². The number of methoxy groups -OCH3 is 1. The summed E-state index contributed by atoms with van der Waals surface area (Å²) in [4.78, 5) is 0. The number of hydrogen-bond acceptors (Lipinski definition) is 2. The van der Waals surface area contributed by atoms with E-state index in [0.717, 1.165) is 24.2 Å². The van der Waals surface area contributed by atoms with Crippen LogP contribution in [0.5, 0.6) is 5.75 Å². The van der Waals surface area contributed by atoms with Crippen molar-refractivity contribution in [2.45, 2.75) is 39.5 Å². The Kier molecular flexibility index (Phi) is 5.03. The SMILES string of the molecule is CCC(C#N)c1ccc(CC(C)C)cc1OC. The third-order valence-corrected chi connectivity index (χ3v) is 2.88. The van der Waals surface area contributed by atoms with E-state index in [4.69, 9.17) is 10.00 Å². The van der Waals surface area contributed by atoms with Crippen LogP contribution in [0.1, 0.15) is 44.2 Å². The molecule has 1 atom stereocenters. The molecule has 0 amide bonds. The van der Waals surface area contributed by atoms with Gasteiger partial charge in [-0.1, -0.05) is 32.9 Å². The molecule has 0 fully saturated rings. The molecule has 1 rings (SSSR count). The van der Waals surface area contributed by atoms with Gasteiger partial charge in [-0.15, -0.1) is 0 Å². The minimum atomic E-state index is -0.0713. The van der Waals surface area contributed by atoms with Crippen molar-refractivity contribution >= 4 is 0 Å². The van der Waals surface area contributed by atoms with Gasteiger partial charge in [0.2, 0.25) is 0 Å². The van der Waals surface area contributed by atoms with E-state index in [0.29, 0.717) is 5.92 Å². The normalized spacial score (nSPS) is 12.2. The van der Waals surface area contributed by atoms with Gasteiger partial charge in [0, 0.05) is 5.56 Å². The predicted octanol–water partition coefficient (Wildman–Crippen LogP) is 3.91. The summed E-state index contributed by atoms with van der Waals surface area (Å²) < 4.78 is 5.40. The molecule has 1 unspecified atom stereocenters. The zero-order valence-corrected chi connectivity index (χ0v) is 11.2. The van der Waals surface area contributed by atoms with Gasteiger partial charge >= 0.3 is 0 Å². The lowest BCUT2D eigenvalue weighted by Crippen LogP contribution is -2.01. The van der Waals surface area contributed by atoms with Gasteiger partial charge in [0.15, 0.2) is 0 Å². The standard InChI is InChI=1S/C15H21NO/c1-5-13(10-16)14-7-6-12(8-11(2)3)9-15(14)17-4/h6-7,9,11,13H,5,8H2,1-4H3. The van der Waals surface area contributed by atoms with E-state index in [2.05, 4.69) is 32.0 Å². The molecule has 0 saturated heterocycles. The van der Waals surface area contributed by atoms with Crippen molar-refractivity contribution in [3.63, 3.8) is 0 Å². The maximum Gasteiger partial charge on any atom is 0.123 e. The Morgan fingerprint density at radius 1 is 1.35 bits per heavy atom. The Balaban J connectivity index is 3.05. The fourth-order valence-electron chi connectivity index (χ4n) is 2.02. The largest absolute Gasteiger partial charge is 0.496 e. The van der Waals surface area contributed by atoms with Gasteiger partial charge in [-0.3, -0.25) is 0 Å². The second kappa shape index (κ2) is 6.30. The van der Waals surface area contributed by atoms with Crippen molar-refractivity contribution in [2.24, 2.45) is 5.92 Å². The van der Waals surface area contributed by atoms with Crippen molar-refractivity contribution in [3.05, 3.63) is 29.3 Å². The highest BCUT2D eigenvalue weighted by Crippen LogP contribution is 2.30. The first-order valence-corrected chi connectivity index (χ1v) is 6.18. The summed E-state index contributed by atoms with van der Waals surface area (Å²) in [7, 11) is 1.67. The van der Waals surface area contributed by atoms with E-state index in [1.165, 1.54) is 5.56 Å².